The van der Waals surface area contributed by atoms with Crippen molar-refractivity contribution in [3.63, 3.8) is 0 Å². The Kier molecular flexibility index (Phi) is 4.12. The van der Waals surface area contributed by atoms with Crippen molar-refractivity contribution in [3.8, 4) is 0 Å². The lowest BCUT2D eigenvalue weighted by atomic mass is 10.1. The van der Waals surface area contributed by atoms with Gasteiger partial charge in [-0.3, -0.25) is 9.78 Å². The van der Waals surface area contributed by atoms with E-state index in [0.29, 0.717) is 0 Å². The first kappa shape index (κ1) is 12.8. The van der Waals surface area contributed by atoms with Crippen molar-refractivity contribution in [2.24, 2.45) is 0 Å². The largest absolute Gasteiger partial charge is 0.469 e. The summed E-state index contributed by atoms with van der Waals surface area (Å²) in [6, 6.07) is 0. The maximum absolute atomic E-state index is 13.4. The number of alkyl halides is 2. The number of rotatable bonds is 3. The molecule has 16 heavy (non-hydrogen) atoms. The van der Waals surface area contributed by atoms with E-state index in [2.05, 4.69) is 9.72 Å². The summed E-state index contributed by atoms with van der Waals surface area (Å²) in [5.41, 5.74) is -1.33. The molecule has 0 aliphatic rings. The number of carbonyl (C=O) groups is 1. The van der Waals surface area contributed by atoms with Crippen molar-refractivity contribution < 1.29 is 22.7 Å². The predicted molar refractivity (Wildman–Crippen MR) is 49.9 cm³/mol. The quantitative estimate of drug-likeness (QED) is 0.777. The van der Waals surface area contributed by atoms with Gasteiger partial charge < -0.3 is 4.74 Å². The number of esters is 1. The number of nitrogens with zero attached hydrogens (tertiary/aromatic N) is 1. The Bertz CT molecular complexity index is 412. The van der Waals surface area contributed by atoms with E-state index in [4.69, 9.17) is 11.6 Å². The summed E-state index contributed by atoms with van der Waals surface area (Å²) < 4.78 is 42.6. The van der Waals surface area contributed by atoms with Crippen molar-refractivity contribution in [2.75, 3.05) is 7.11 Å². The lowest BCUT2D eigenvalue weighted by Crippen LogP contribution is -2.11. The van der Waals surface area contributed by atoms with E-state index in [0.717, 1.165) is 13.3 Å². The molecular formula is C9H7ClF3NO2. The van der Waals surface area contributed by atoms with Gasteiger partial charge in [0.2, 0.25) is 0 Å². The first-order valence-electron chi connectivity index (χ1n) is 4.15. The molecule has 0 aliphatic heterocycles. The Balaban J connectivity index is 3.20. The molecule has 1 aromatic heterocycles. The Morgan fingerprint density at radius 1 is 1.62 bits per heavy atom. The van der Waals surface area contributed by atoms with Gasteiger partial charge in [0.15, 0.2) is 0 Å². The molecule has 1 rings (SSSR count). The fourth-order valence-electron chi connectivity index (χ4n) is 1.09. The Morgan fingerprint density at radius 3 is 2.75 bits per heavy atom. The van der Waals surface area contributed by atoms with Gasteiger partial charge in [-0.2, -0.15) is 0 Å². The van der Waals surface area contributed by atoms with Gasteiger partial charge in [0.25, 0.3) is 6.43 Å². The number of halogens is 4. The molecule has 1 heterocycles. The zero-order chi connectivity index (χ0) is 12.3. The third-order valence-corrected chi connectivity index (χ3v) is 2.12. The monoisotopic (exact) mass is 253 g/mol. The molecule has 0 spiro atoms. The van der Waals surface area contributed by atoms with Crippen LogP contribution in [0.15, 0.2) is 6.20 Å². The van der Waals surface area contributed by atoms with Crippen LogP contribution in [0, 0.1) is 5.82 Å². The van der Waals surface area contributed by atoms with Crippen LogP contribution in [0.3, 0.4) is 0 Å². The van der Waals surface area contributed by atoms with E-state index in [1.807, 2.05) is 0 Å². The van der Waals surface area contributed by atoms with Gasteiger partial charge >= 0.3 is 5.97 Å². The van der Waals surface area contributed by atoms with Crippen LogP contribution in [0.25, 0.3) is 0 Å². The predicted octanol–water partition coefficient (Wildman–Crippen LogP) is 2.53. The highest BCUT2D eigenvalue weighted by Crippen LogP contribution is 2.27. The Labute approximate surface area is 94.2 Å². The van der Waals surface area contributed by atoms with E-state index in [1.54, 1.807) is 0 Å². The molecule has 0 atom stereocenters. The zero-order valence-electron chi connectivity index (χ0n) is 8.14. The SMILES string of the molecule is COC(=O)Cc1c(C(F)F)ncc(Cl)c1F. The third-order valence-electron chi connectivity index (χ3n) is 1.86. The minimum absolute atomic E-state index is 0.414. The third kappa shape index (κ3) is 2.63. The molecule has 88 valence electrons. The fraction of sp³-hybridized carbons (Fsp3) is 0.333. The molecule has 0 amide bonds. The first-order valence-corrected chi connectivity index (χ1v) is 4.53. The van der Waals surface area contributed by atoms with Gasteiger partial charge in [-0.25, -0.2) is 13.2 Å². The summed E-state index contributed by atoms with van der Waals surface area (Å²) in [6.45, 7) is 0. The molecule has 0 saturated carbocycles. The highest BCUT2D eigenvalue weighted by atomic mass is 35.5. The molecule has 0 N–H and O–H groups in total. The van der Waals surface area contributed by atoms with Gasteiger partial charge in [0.1, 0.15) is 11.5 Å². The molecule has 0 fully saturated rings. The van der Waals surface area contributed by atoms with Crippen molar-refractivity contribution in [1.29, 1.82) is 0 Å². The van der Waals surface area contributed by atoms with Gasteiger partial charge in [0.05, 0.1) is 18.6 Å². The van der Waals surface area contributed by atoms with Crippen LogP contribution in [-0.2, 0) is 16.0 Å². The van der Waals surface area contributed by atoms with E-state index < -0.39 is 40.9 Å². The van der Waals surface area contributed by atoms with Crippen LogP contribution in [-0.4, -0.2) is 18.1 Å². The van der Waals surface area contributed by atoms with E-state index in [9.17, 15) is 18.0 Å². The highest BCUT2D eigenvalue weighted by molar-refractivity contribution is 6.30. The second-order valence-electron chi connectivity index (χ2n) is 2.84. The van der Waals surface area contributed by atoms with E-state index >= 15 is 0 Å². The summed E-state index contributed by atoms with van der Waals surface area (Å²) in [6.07, 6.45) is -2.83. The molecule has 1 aromatic rings. The van der Waals surface area contributed by atoms with Gasteiger partial charge in [0, 0.05) is 11.8 Å². The molecular weight excluding hydrogens is 247 g/mol. The van der Waals surface area contributed by atoms with Gasteiger partial charge in [-0.1, -0.05) is 11.6 Å². The lowest BCUT2D eigenvalue weighted by molar-refractivity contribution is -0.139. The van der Waals surface area contributed by atoms with Crippen molar-refractivity contribution in [2.45, 2.75) is 12.8 Å². The standard InChI is InChI=1S/C9H7ClF3NO2/c1-16-6(15)2-4-7(11)5(10)3-14-8(4)9(12)13/h3,9H,2H2,1H3. The number of carbonyl (C=O) groups excluding carboxylic acids is 1. The minimum atomic E-state index is -2.98. The lowest BCUT2D eigenvalue weighted by Gasteiger charge is -2.08. The van der Waals surface area contributed by atoms with Crippen molar-refractivity contribution in [1.82, 2.24) is 4.98 Å². The van der Waals surface area contributed by atoms with Crippen LogP contribution in [0.2, 0.25) is 5.02 Å². The van der Waals surface area contributed by atoms with Crippen molar-refractivity contribution in [3.05, 3.63) is 28.3 Å². The number of hydrogen-bond acceptors (Lipinski definition) is 3. The molecule has 0 radical (unpaired) electrons. The maximum Gasteiger partial charge on any atom is 0.310 e. The summed E-state index contributed by atoms with van der Waals surface area (Å²) in [5.74, 6) is -1.91. The summed E-state index contributed by atoms with van der Waals surface area (Å²) >= 11 is 5.38. The van der Waals surface area contributed by atoms with E-state index in [1.165, 1.54) is 0 Å². The molecule has 3 nitrogen and oxygen atoms in total. The molecule has 0 bridgehead atoms. The number of methoxy groups -OCH3 is 1. The second-order valence-corrected chi connectivity index (χ2v) is 3.24. The number of aromatic nitrogens is 1. The van der Waals surface area contributed by atoms with Gasteiger partial charge in [-0.15, -0.1) is 0 Å². The Morgan fingerprint density at radius 2 is 2.25 bits per heavy atom. The fourth-order valence-corrected chi connectivity index (χ4v) is 1.25. The van der Waals surface area contributed by atoms with Crippen LogP contribution in [0.5, 0.6) is 0 Å². The topological polar surface area (TPSA) is 39.2 Å². The molecule has 0 saturated heterocycles. The summed E-state index contributed by atoms with van der Waals surface area (Å²) in [7, 11) is 1.07. The highest BCUT2D eigenvalue weighted by Gasteiger charge is 2.22. The van der Waals surface area contributed by atoms with Crippen LogP contribution >= 0.6 is 11.6 Å². The average Bonchev–Trinajstić information content (AvgIpc) is 2.24. The molecule has 0 aromatic carbocycles. The normalized spacial score (nSPS) is 10.6. The van der Waals surface area contributed by atoms with E-state index in [-0.39, 0.29) is 0 Å². The number of pyridine rings is 1. The maximum atomic E-state index is 13.4. The number of ether oxygens (including phenoxy) is 1. The molecule has 0 unspecified atom stereocenters. The second kappa shape index (κ2) is 5.16. The van der Waals surface area contributed by atoms with Crippen LogP contribution < -0.4 is 0 Å². The van der Waals surface area contributed by atoms with Gasteiger partial charge in [-0.05, 0) is 0 Å². The average molecular weight is 254 g/mol. The molecule has 0 aliphatic carbocycles. The summed E-state index contributed by atoms with van der Waals surface area (Å²) in [4.78, 5) is 14.2. The van der Waals surface area contributed by atoms with Crippen LogP contribution in [0.1, 0.15) is 17.7 Å². The summed E-state index contributed by atoms with van der Waals surface area (Å²) in [5, 5.41) is -0.414. The van der Waals surface area contributed by atoms with Crippen molar-refractivity contribution >= 4 is 17.6 Å². The first-order chi connectivity index (χ1) is 7.47. The number of hydrogen-bond donors (Lipinski definition) is 0. The van der Waals surface area contributed by atoms with Crippen LogP contribution in [0.4, 0.5) is 13.2 Å². The minimum Gasteiger partial charge on any atom is -0.469 e. The Hall–Kier alpha value is -1.30. The smallest absolute Gasteiger partial charge is 0.310 e. The zero-order valence-corrected chi connectivity index (χ0v) is 8.89. The molecule has 7 heteroatoms.